The molecular formula is C16H18N3NaO7S2. The van der Waals surface area contributed by atoms with Gasteiger partial charge in [0.15, 0.2) is 0 Å². The predicted molar refractivity (Wildman–Crippen MR) is 106 cm³/mol. The summed E-state index contributed by atoms with van der Waals surface area (Å²) in [5.41, 5.74) is 3.20. The number of carboxylic acid groups (broad SMARTS) is 1. The van der Waals surface area contributed by atoms with Gasteiger partial charge >= 0.3 is 41.6 Å². The van der Waals surface area contributed by atoms with Gasteiger partial charge in [0, 0.05) is 23.3 Å². The van der Waals surface area contributed by atoms with E-state index in [0.717, 1.165) is 9.78 Å². The van der Waals surface area contributed by atoms with E-state index in [1.807, 2.05) is 11.4 Å². The number of hydrogen-bond donors (Lipinski definition) is 3. The molecule has 1 aromatic heterocycles. The molecule has 4 N–H and O–H groups in total. The van der Waals surface area contributed by atoms with Crippen LogP contribution in [0, 0.1) is 0 Å². The molecule has 0 aliphatic carbocycles. The van der Waals surface area contributed by atoms with Crippen LogP contribution < -0.4 is 11.1 Å². The molecule has 1 saturated heterocycles. The van der Waals surface area contributed by atoms with Crippen molar-refractivity contribution in [2.24, 2.45) is 5.73 Å². The summed E-state index contributed by atoms with van der Waals surface area (Å²) >= 11 is 2.60. The van der Waals surface area contributed by atoms with Gasteiger partial charge < -0.3 is 25.6 Å². The second-order valence-corrected chi connectivity index (χ2v) is 8.05. The molecule has 13 heteroatoms. The zero-order valence-corrected chi connectivity index (χ0v) is 16.3. The summed E-state index contributed by atoms with van der Waals surface area (Å²) < 4.78 is 10.0. The fourth-order valence-electron chi connectivity index (χ4n) is 3.04. The maximum atomic E-state index is 12.8. The first-order valence-electron chi connectivity index (χ1n) is 8.01. The Hall–Kier alpha value is -1.57. The normalized spacial score (nSPS) is 22.9. The minimum absolute atomic E-state index is 0. The maximum absolute atomic E-state index is 12.8. The van der Waals surface area contributed by atoms with Crippen molar-refractivity contribution in [3.8, 4) is 0 Å². The summed E-state index contributed by atoms with van der Waals surface area (Å²) in [6.07, 6.45) is -0.973. The van der Waals surface area contributed by atoms with E-state index in [1.165, 1.54) is 30.2 Å². The third-order valence-corrected chi connectivity index (χ3v) is 6.51. The van der Waals surface area contributed by atoms with Crippen molar-refractivity contribution in [3.05, 3.63) is 33.7 Å². The Kier molecular flexibility index (Phi) is 7.76. The number of rotatable bonds is 7. The number of nitrogens with two attached hydrogens (primary N) is 1. The van der Waals surface area contributed by atoms with Crippen LogP contribution in [0.5, 0.6) is 0 Å². The molecule has 1 fully saturated rings. The third kappa shape index (κ3) is 4.47. The molecule has 0 unspecified atom stereocenters. The van der Waals surface area contributed by atoms with Crippen LogP contribution in [0.4, 0.5) is 4.79 Å². The van der Waals surface area contributed by atoms with Crippen LogP contribution in [0.3, 0.4) is 0 Å². The van der Waals surface area contributed by atoms with Gasteiger partial charge in [-0.2, -0.15) is 0 Å². The molecule has 2 aliphatic rings. The molecule has 3 rings (SSSR count). The molecule has 2 aliphatic heterocycles. The number of amides is 3. The van der Waals surface area contributed by atoms with Crippen molar-refractivity contribution in [2.75, 3.05) is 19.5 Å². The number of thioether (sulfide) groups is 1. The number of carboxylic acids is 1. The Morgan fingerprint density at radius 2 is 2.17 bits per heavy atom. The number of thiophene rings is 1. The Morgan fingerprint density at radius 1 is 1.45 bits per heavy atom. The summed E-state index contributed by atoms with van der Waals surface area (Å²) in [5.74, 6) is -2.31. The number of β-lactam (4-membered cyclic amide) rings is 1. The third-order valence-electron chi connectivity index (χ3n) is 4.26. The summed E-state index contributed by atoms with van der Waals surface area (Å²) in [5, 5.41) is 13.2. The van der Waals surface area contributed by atoms with Crippen LogP contribution in [0.15, 0.2) is 28.8 Å². The molecule has 152 valence electrons. The fourth-order valence-corrected chi connectivity index (χ4v) is 5.16. The monoisotopic (exact) mass is 451 g/mol. The van der Waals surface area contributed by atoms with E-state index in [0.29, 0.717) is 0 Å². The average Bonchev–Trinajstić information content (AvgIpc) is 3.15. The van der Waals surface area contributed by atoms with Crippen LogP contribution in [-0.2, 0) is 30.3 Å². The zero-order chi connectivity index (χ0) is 20.5. The molecule has 0 aromatic carbocycles. The van der Waals surface area contributed by atoms with Crippen molar-refractivity contribution < 1.29 is 33.8 Å². The number of primary amides is 1. The molecule has 2 atom stereocenters. The molecule has 29 heavy (non-hydrogen) atoms. The van der Waals surface area contributed by atoms with E-state index in [4.69, 9.17) is 10.5 Å². The first kappa shape index (κ1) is 23.7. The average molecular weight is 451 g/mol. The molecule has 0 saturated carbocycles. The summed E-state index contributed by atoms with van der Waals surface area (Å²) in [6.45, 7) is -0.342. The Balaban J connectivity index is 0.00000300. The van der Waals surface area contributed by atoms with Crippen LogP contribution in [0.2, 0.25) is 0 Å². The molecular weight excluding hydrogens is 433 g/mol. The number of carbonyl (C=O) groups is 4. The molecule has 3 heterocycles. The first-order chi connectivity index (χ1) is 13.3. The van der Waals surface area contributed by atoms with Crippen molar-refractivity contribution >= 4 is 76.5 Å². The van der Waals surface area contributed by atoms with Gasteiger partial charge in [0.1, 0.15) is 17.7 Å². The second-order valence-electron chi connectivity index (χ2n) is 5.95. The summed E-state index contributed by atoms with van der Waals surface area (Å²) in [6, 6.07) is 3.61. The van der Waals surface area contributed by atoms with Crippen LogP contribution in [-0.4, -0.2) is 94.0 Å². The Morgan fingerprint density at radius 3 is 2.72 bits per heavy atom. The standard InChI is InChI=1S/C16H17N3O7S2.Na.H/c1-25-16(18-10(20)5-9-3-2-4-27-9)13(23)19-11(12(21)22)8(6-26-15(17)24)7-28-14(16)19;;/h2-4,14H,5-7H2,1H3,(H2,17,24)(H,18,20)(H,21,22);;/t14-,16+;;/m0../s1. The van der Waals surface area contributed by atoms with Crippen LogP contribution in [0.1, 0.15) is 4.88 Å². The molecule has 1 aromatic rings. The van der Waals surface area contributed by atoms with Crippen molar-refractivity contribution in [1.82, 2.24) is 10.2 Å². The van der Waals surface area contributed by atoms with Gasteiger partial charge in [-0.05, 0) is 11.4 Å². The van der Waals surface area contributed by atoms with Crippen molar-refractivity contribution in [1.29, 1.82) is 0 Å². The molecule has 0 spiro atoms. The second kappa shape index (κ2) is 9.49. The quantitative estimate of drug-likeness (QED) is 0.284. The zero-order valence-electron chi connectivity index (χ0n) is 14.7. The van der Waals surface area contributed by atoms with Crippen molar-refractivity contribution in [3.63, 3.8) is 0 Å². The SMILES string of the molecule is CO[C@]1(NC(=O)Cc2cccs2)C(=O)N2C(C(=O)O)=C(COC(N)=O)CS[C@H]21.[NaH]. The number of hydrogen-bond acceptors (Lipinski definition) is 8. The first-order valence-corrected chi connectivity index (χ1v) is 9.94. The van der Waals surface area contributed by atoms with E-state index < -0.39 is 35.0 Å². The Bertz CT molecular complexity index is 861. The van der Waals surface area contributed by atoms with Crippen LogP contribution in [0.25, 0.3) is 0 Å². The van der Waals surface area contributed by atoms with E-state index in [9.17, 15) is 24.3 Å². The number of fused-ring (bicyclic) bond motifs is 1. The molecule has 0 bridgehead atoms. The van der Waals surface area contributed by atoms with E-state index in [1.54, 1.807) is 6.07 Å². The fraction of sp³-hybridized carbons (Fsp3) is 0.375. The van der Waals surface area contributed by atoms with E-state index in [-0.39, 0.29) is 59.6 Å². The van der Waals surface area contributed by atoms with Gasteiger partial charge in [0.25, 0.3) is 11.6 Å². The predicted octanol–water partition coefficient (Wildman–Crippen LogP) is -0.550. The Labute approximate surface area is 196 Å². The van der Waals surface area contributed by atoms with Crippen LogP contribution >= 0.6 is 23.1 Å². The van der Waals surface area contributed by atoms with Gasteiger partial charge in [-0.15, -0.1) is 23.1 Å². The topological polar surface area (TPSA) is 148 Å². The summed E-state index contributed by atoms with van der Waals surface area (Å²) in [7, 11) is 1.27. The van der Waals surface area contributed by atoms with Gasteiger partial charge in [0.2, 0.25) is 5.91 Å². The van der Waals surface area contributed by atoms with Gasteiger partial charge in [0.05, 0.1) is 6.42 Å². The summed E-state index contributed by atoms with van der Waals surface area (Å²) in [4.78, 5) is 49.6. The number of nitrogens with zero attached hydrogens (tertiary/aromatic N) is 1. The number of methoxy groups -OCH3 is 1. The number of carbonyl (C=O) groups excluding carboxylic acids is 3. The minimum atomic E-state index is -1.66. The van der Waals surface area contributed by atoms with E-state index >= 15 is 0 Å². The van der Waals surface area contributed by atoms with Gasteiger partial charge in [-0.25, -0.2) is 9.59 Å². The van der Waals surface area contributed by atoms with E-state index in [2.05, 4.69) is 10.1 Å². The number of aliphatic carboxylic acids is 1. The van der Waals surface area contributed by atoms with Crippen molar-refractivity contribution in [2.45, 2.75) is 17.5 Å². The number of nitrogens with one attached hydrogen (secondary N) is 1. The molecule has 10 nitrogen and oxygen atoms in total. The van der Waals surface area contributed by atoms with Gasteiger partial charge in [-0.1, -0.05) is 6.07 Å². The molecule has 3 amide bonds. The number of ether oxygens (including phenoxy) is 2. The van der Waals surface area contributed by atoms with Gasteiger partial charge in [-0.3, -0.25) is 14.5 Å². The molecule has 0 radical (unpaired) electrons.